The molecular formula is C17H21N3OS. The number of carbonyl (C=O) groups excluding carboxylic acids is 1. The highest BCUT2D eigenvalue weighted by Crippen LogP contribution is 2.40. The largest absolute Gasteiger partial charge is 0.301 e. The van der Waals surface area contributed by atoms with Crippen molar-refractivity contribution in [3.63, 3.8) is 0 Å². The van der Waals surface area contributed by atoms with Crippen LogP contribution >= 0.6 is 11.8 Å². The molecule has 2 aromatic rings. The van der Waals surface area contributed by atoms with Crippen LogP contribution in [0, 0.1) is 0 Å². The molecule has 0 unspecified atom stereocenters. The first-order chi connectivity index (χ1) is 10.7. The van der Waals surface area contributed by atoms with Gasteiger partial charge in [-0.3, -0.25) is 0 Å². The van der Waals surface area contributed by atoms with Crippen LogP contribution in [-0.4, -0.2) is 26.3 Å². The van der Waals surface area contributed by atoms with Gasteiger partial charge in [0, 0.05) is 18.1 Å². The van der Waals surface area contributed by atoms with Crippen LogP contribution < -0.4 is 0 Å². The predicted molar refractivity (Wildman–Crippen MR) is 88.2 cm³/mol. The van der Waals surface area contributed by atoms with E-state index < -0.39 is 0 Å². The van der Waals surface area contributed by atoms with Gasteiger partial charge in [-0.15, -0.1) is 10.2 Å². The van der Waals surface area contributed by atoms with Gasteiger partial charge >= 0.3 is 0 Å². The maximum Gasteiger partial charge on any atom is 0.191 e. The van der Waals surface area contributed by atoms with Gasteiger partial charge in [-0.1, -0.05) is 42.1 Å². The van der Waals surface area contributed by atoms with Crippen LogP contribution in [0.5, 0.6) is 0 Å². The van der Waals surface area contributed by atoms with E-state index in [1.54, 1.807) is 18.7 Å². The Balaban J connectivity index is 1.71. The van der Waals surface area contributed by atoms with Crippen LogP contribution in [-0.2, 0) is 11.3 Å². The molecule has 0 amide bonds. The third-order valence-electron chi connectivity index (χ3n) is 3.78. The Labute approximate surface area is 135 Å². The average molecular weight is 315 g/mol. The summed E-state index contributed by atoms with van der Waals surface area (Å²) in [5, 5.41) is 9.78. The molecule has 3 rings (SSSR count). The van der Waals surface area contributed by atoms with E-state index in [1.165, 1.54) is 18.4 Å². The van der Waals surface area contributed by atoms with E-state index >= 15 is 0 Å². The van der Waals surface area contributed by atoms with Crippen molar-refractivity contribution in [1.29, 1.82) is 0 Å². The van der Waals surface area contributed by atoms with Crippen molar-refractivity contribution in [2.45, 2.75) is 50.2 Å². The summed E-state index contributed by atoms with van der Waals surface area (Å²) in [6, 6.07) is 10.4. The summed E-state index contributed by atoms with van der Waals surface area (Å²) in [6.45, 7) is 2.47. The van der Waals surface area contributed by atoms with Crippen LogP contribution in [0.25, 0.3) is 0 Å². The monoisotopic (exact) mass is 315 g/mol. The Bertz CT molecular complexity index is 635. The number of rotatable bonds is 8. The van der Waals surface area contributed by atoms with Crippen molar-refractivity contribution < 1.29 is 4.79 Å². The lowest BCUT2D eigenvalue weighted by Crippen LogP contribution is -2.06. The molecule has 1 aliphatic rings. The molecule has 0 radical (unpaired) electrons. The summed E-state index contributed by atoms with van der Waals surface area (Å²) in [5.41, 5.74) is 1.27. The Morgan fingerprint density at radius 3 is 2.73 bits per heavy atom. The molecule has 1 fully saturated rings. The summed E-state index contributed by atoms with van der Waals surface area (Å²) >= 11 is 1.71. The standard InChI is InChI=1S/C17H21N3OS/c1-13(21)6-5-11-22-17-19-18-16(15-9-10-15)20(17)12-14-7-3-2-4-8-14/h2-4,7-8,15H,5-6,9-12H2,1H3. The highest BCUT2D eigenvalue weighted by Gasteiger charge is 2.30. The third kappa shape index (κ3) is 3.97. The van der Waals surface area contributed by atoms with Crippen LogP contribution in [0.4, 0.5) is 0 Å². The van der Waals surface area contributed by atoms with Crippen LogP contribution in [0.2, 0.25) is 0 Å². The quantitative estimate of drug-likeness (QED) is 0.551. The van der Waals surface area contributed by atoms with Gasteiger partial charge in [0.25, 0.3) is 0 Å². The molecule has 4 nitrogen and oxygen atoms in total. The van der Waals surface area contributed by atoms with E-state index in [0.29, 0.717) is 12.3 Å². The maximum absolute atomic E-state index is 11.0. The van der Waals surface area contributed by atoms with Gasteiger partial charge in [0.1, 0.15) is 11.6 Å². The fraction of sp³-hybridized carbons (Fsp3) is 0.471. The summed E-state index contributed by atoms with van der Waals surface area (Å²) in [7, 11) is 0. The Hall–Kier alpha value is -1.62. The zero-order chi connectivity index (χ0) is 15.4. The molecular weight excluding hydrogens is 294 g/mol. The number of thioether (sulfide) groups is 1. The number of carbonyl (C=O) groups is 1. The molecule has 0 aliphatic heterocycles. The molecule has 22 heavy (non-hydrogen) atoms. The highest BCUT2D eigenvalue weighted by molar-refractivity contribution is 7.99. The number of hydrogen-bond donors (Lipinski definition) is 0. The number of nitrogens with zero attached hydrogens (tertiary/aromatic N) is 3. The lowest BCUT2D eigenvalue weighted by Gasteiger charge is -2.09. The van der Waals surface area contributed by atoms with E-state index in [2.05, 4.69) is 39.0 Å². The molecule has 1 aromatic heterocycles. The number of hydrogen-bond acceptors (Lipinski definition) is 4. The van der Waals surface area contributed by atoms with Crippen LogP contribution in [0.1, 0.15) is 49.9 Å². The first-order valence-corrected chi connectivity index (χ1v) is 8.82. The van der Waals surface area contributed by atoms with Crippen molar-refractivity contribution in [1.82, 2.24) is 14.8 Å². The van der Waals surface area contributed by atoms with Gasteiger partial charge in [0.2, 0.25) is 0 Å². The summed E-state index contributed by atoms with van der Waals surface area (Å²) in [4.78, 5) is 11.0. The van der Waals surface area contributed by atoms with E-state index in [1.807, 2.05) is 6.07 Å². The zero-order valence-electron chi connectivity index (χ0n) is 12.9. The second-order valence-electron chi connectivity index (χ2n) is 5.84. The van der Waals surface area contributed by atoms with E-state index in [0.717, 1.165) is 29.7 Å². The molecule has 116 valence electrons. The maximum atomic E-state index is 11.0. The molecule has 1 saturated carbocycles. The molecule has 0 N–H and O–H groups in total. The Morgan fingerprint density at radius 1 is 1.27 bits per heavy atom. The van der Waals surface area contributed by atoms with E-state index in [-0.39, 0.29) is 5.78 Å². The summed E-state index contributed by atoms with van der Waals surface area (Å²) in [5.74, 6) is 2.88. The van der Waals surface area contributed by atoms with Gasteiger partial charge in [0.15, 0.2) is 5.16 Å². The Morgan fingerprint density at radius 2 is 2.05 bits per heavy atom. The van der Waals surface area contributed by atoms with Gasteiger partial charge in [-0.05, 0) is 31.7 Å². The number of benzene rings is 1. The Kier molecular flexibility index (Phi) is 4.93. The lowest BCUT2D eigenvalue weighted by molar-refractivity contribution is -0.117. The van der Waals surface area contributed by atoms with E-state index in [9.17, 15) is 4.79 Å². The topological polar surface area (TPSA) is 47.8 Å². The minimum atomic E-state index is 0.255. The highest BCUT2D eigenvalue weighted by atomic mass is 32.2. The molecule has 0 saturated heterocycles. The molecule has 5 heteroatoms. The smallest absolute Gasteiger partial charge is 0.191 e. The number of aromatic nitrogens is 3. The minimum Gasteiger partial charge on any atom is -0.301 e. The van der Waals surface area contributed by atoms with Crippen LogP contribution in [0.3, 0.4) is 0 Å². The second kappa shape index (κ2) is 7.09. The molecule has 0 bridgehead atoms. The van der Waals surface area contributed by atoms with Gasteiger partial charge < -0.3 is 9.36 Å². The molecule has 1 aromatic carbocycles. The van der Waals surface area contributed by atoms with Crippen molar-refractivity contribution in [2.24, 2.45) is 0 Å². The average Bonchev–Trinajstić information content (AvgIpc) is 3.28. The molecule has 1 heterocycles. The van der Waals surface area contributed by atoms with Crippen molar-refractivity contribution in [3.8, 4) is 0 Å². The zero-order valence-corrected chi connectivity index (χ0v) is 13.7. The van der Waals surface area contributed by atoms with Gasteiger partial charge in [-0.2, -0.15) is 0 Å². The van der Waals surface area contributed by atoms with Gasteiger partial charge in [-0.25, -0.2) is 0 Å². The number of Topliss-reactive ketones (excluding diaryl/α,β-unsaturated/α-hetero) is 1. The fourth-order valence-corrected chi connectivity index (χ4v) is 3.33. The second-order valence-corrected chi connectivity index (χ2v) is 6.90. The van der Waals surface area contributed by atoms with Crippen molar-refractivity contribution in [3.05, 3.63) is 41.7 Å². The third-order valence-corrected chi connectivity index (χ3v) is 4.83. The lowest BCUT2D eigenvalue weighted by atomic mass is 10.2. The first-order valence-electron chi connectivity index (χ1n) is 7.83. The van der Waals surface area contributed by atoms with Crippen LogP contribution in [0.15, 0.2) is 35.5 Å². The van der Waals surface area contributed by atoms with Gasteiger partial charge in [0.05, 0.1) is 6.54 Å². The number of ketones is 1. The molecule has 0 spiro atoms. The SMILES string of the molecule is CC(=O)CCCSc1nnc(C2CC2)n1Cc1ccccc1. The fourth-order valence-electron chi connectivity index (χ4n) is 2.45. The normalized spacial score (nSPS) is 14.2. The summed E-state index contributed by atoms with van der Waals surface area (Å²) < 4.78 is 2.26. The molecule has 0 atom stereocenters. The summed E-state index contributed by atoms with van der Waals surface area (Å²) in [6.07, 6.45) is 4.00. The van der Waals surface area contributed by atoms with Crippen molar-refractivity contribution >= 4 is 17.5 Å². The van der Waals surface area contributed by atoms with Crippen molar-refractivity contribution in [2.75, 3.05) is 5.75 Å². The van der Waals surface area contributed by atoms with E-state index in [4.69, 9.17) is 0 Å². The minimum absolute atomic E-state index is 0.255. The predicted octanol–water partition coefficient (Wildman–Crippen LogP) is 3.67. The molecule has 1 aliphatic carbocycles. The first kappa shape index (κ1) is 15.3.